The summed E-state index contributed by atoms with van der Waals surface area (Å²) in [5.41, 5.74) is 1.48. The predicted molar refractivity (Wildman–Crippen MR) is 58.0 cm³/mol. The Labute approximate surface area is 84.9 Å². The van der Waals surface area contributed by atoms with Crippen LogP contribution < -0.4 is 0 Å². The zero-order chi connectivity index (χ0) is 10.6. The second kappa shape index (κ2) is 4.61. The van der Waals surface area contributed by atoms with Gasteiger partial charge < -0.3 is 4.90 Å². The van der Waals surface area contributed by atoms with E-state index in [1.165, 1.54) is 0 Å². The number of rotatable bonds is 3. The molecule has 0 aliphatic rings. The molecule has 0 aliphatic heterocycles. The van der Waals surface area contributed by atoms with E-state index in [0.29, 0.717) is 12.1 Å². The first-order valence-corrected chi connectivity index (χ1v) is 4.69. The van der Waals surface area contributed by atoms with Crippen LogP contribution in [-0.2, 0) is 0 Å². The number of nitrogens with zero attached hydrogens (tertiary/aromatic N) is 1. The highest BCUT2D eigenvalue weighted by Gasteiger charge is 2.13. The second-order valence-electron chi connectivity index (χ2n) is 3.15. The van der Waals surface area contributed by atoms with E-state index < -0.39 is 0 Å². The van der Waals surface area contributed by atoms with Gasteiger partial charge in [0, 0.05) is 17.8 Å². The first-order valence-electron chi connectivity index (χ1n) is 4.69. The summed E-state index contributed by atoms with van der Waals surface area (Å²) in [5, 5.41) is 0. The van der Waals surface area contributed by atoms with Gasteiger partial charge in [-0.25, -0.2) is 0 Å². The van der Waals surface area contributed by atoms with E-state index >= 15 is 0 Å². The first-order chi connectivity index (χ1) is 6.66. The Kier molecular flexibility index (Phi) is 3.46. The van der Waals surface area contributed by atoms with E-state index in [1.54, 1.807) is 4.90 Å². The Bertz CT molecular complexity index is 329. The molecule has 0 spiro atoms. The lowest BCUT2D eigenvalue weighted by Gasteiger charge is -2.20. The number of carbonyl (C=O) groups is 1. The van der Waals surface area contributed by atoms with Crippen molar-refractivity contribution in [2.75, 3.05) is 6.54 Å². The zero-order valence-corrected chi connectivity index (χ0v) is 8.66. The van der Waals surface area contributed by atoms with Gasteiger partial charge in [-0.1, -0.05) is 24.8 Å². The average molecular weight is 189 g/mol. The molecule has 1 aromatic rings. The lowest BCUT2D eigenvalue weighted by Crippen LogP contribution is -2.28. The van der Waals surface area contributed by atoms with Gasteiger partial charge in [0.25, 0.3) is 5.91 Å². The van der Waals surface area contributed by atoms with Gasteiger partial charge in [0.05, 0.1) is 0 Å². The molecule has 0 bridgehead atoms. The fourth-order valence-corrected chi connectivity index (χ4v) is 1.32. The normalized spacial score (nSPS) is 9.57. The molecule has 1 aromatic carbocycles. The van der Waals surface area contributed by atoms with Gasteiger partial charge in [-0.15, -0.1) is 0 Å². The van der Waals surface area contributed by atoms with E-state index in [0.717, 1.165) is 5.70 Å². The highest BCUT2D eigenvalue weighted by molar-refractivity contribution is 5.95. The quantitative estimate of drug-likeness (QED) is 0.715. The van der Waals surface area contributed by atoms with Gasteiger partial charge >= 0.3 is 0 Å². The summed E-state index contributed by atoms with van der Waals surface area (Å²) in [7, 11) is 0. The Balaban J connectivity index is 2.89. The van der Waals surface area contributed by atoms with E-state index in [1.807, 2.05) is 44.2 Å². The molecule has 0 saturated carbocycles. The van der Waals surface area contributed by atoms with Crippen LogP contribution in [0.5, 0.6) is 0 Å². The smallest absolute Gasteiger partial charge is 0.257 e. The maximum absolute atomic E-state index is 11.9. The molecule has 2 nitrogen and oxygen atoms in total. The van der Waals surface area contributed by atoms with Gasteiger partial charge in [-0.05, 0) is 26.0 Å². The standard InChI is InChI=1S/C12H15NO/c1-4-13(10(2)3)12(14)11-8-6-5-7-9-11/h5-9H,2,4H2,1,3H3. The summed E-state index contributed by atoms with van der Waals surface area (Å²) in [6.45, 7) is 8.21. The molecule has 0 fully saturated rings. The molecule has 14 heavy (non-hydrogen) atoms. The monoisotopic (exact) mass is 189 g/mol. The third-order valence-corrected chi connectivity index (χ3v) is 2.04. The molecule has 0 radical (unpaired) electrons. The average Bonchev–Trinajstić information content (AvgIpc) is 2.19. The minimum absolute atomic E-state index is 0.0144. The molecule has 0 aliphatic carbocycles. The molecule has 0 atom stereocenters. The van der Waals surface area contributed by atoms with Crippen LogP contribution in [0, 0.1) is 0 Å². The number of carbonyl (C=O) groups excluding carboxylic acids is 1. The lowest BCUT2D eigenvalue weighted by molar-refractivity contribution is 0.0813. The summed E-state index contributed by atoms with van der Waals surface area (Å²) >= 11 is 0. The molecule has 1 rings (SSSR count). The van der Waals surface area contributed by atoms with E-state index in [2.05, 4.69) is 6.58 Å². The van der Waals surface area contributed by atoms with Crippen molar-refractivity contribution in [3.63, 3.8) is 0 Å². The molecule has 1 amide bonds. The fraction of sp³-hybridized carbons (Fsp3) is 0.250. The Morgan fingerprint density at radius 3 is 2.36 bits per heavy atom. The predicted octanol–water partition coefficient (Wildman–Crippen LogP) is 2.68. The van der Waals surface area contributed by atoms with Crippen LogP contribution in [0.4, 0.5) is 0 Å². The number of hydrogen-bond acceptors (Lipinski definition) is 1. The second-order valence-corrected chi connectivity index (χ2v) is 3.15. The molecular formula is C12H15NO. The van der Waals surface area contributed by atoms with E-state index in [9.17, 15) is 4.79 Å². The molecule has 2 heteroatoms. The van der Waals surface area contributed by atoms with Crippen molar-refractivity contribution in [2.45, 2.75) is 13.8 Å². The largest absolute Gasteiger partial charge is 0.313 e. The third kappa shape index (κ3) is 2.22. The highest BCUT2D eigenvalue weighted by atomic mass is 16.2. The minimum Gasteiger partial charge on any atom is -0.313 e. The van der Waals surface area contributed by atoms with Crippen LogP contribution >= 0.6 is 0 Å². The molecule has 0 heterocycles. The van der Waals surface area contributed by atoms with Gasteiger partial charge in [-0.2, -0.15) is 0 Å². The van der Waals surface area contributed by atoms with Gasteiger partial charge in [-0.3, -0.25) is 4.79 Å². The summed E-state index contributed by atoms with van der Waals surface area (Å²) in [4.78, 5) is 13.5. The third-order valence-electron chi connectivity index (χ3n) is 2.04. The Morgan fingerprint density at radius 1 is 1.36 bits per heavy atom. The maximum Gasteiger partial charge on any atom is 0.257 e. The highest BCUT2D eigenvalue weighted by Crippen LogP contribution is 2.08. The molecule has 0 saturated heterocycles. The number of amides is 1. The van der Waals surface area contributed by atoms with Crippen LogP contribution in [0.1, 0.15) is 24.2 Å². The molecule has 0 unspecified atom stereocenters. The van der Waals surface area contributed by atoms with E-state index in [4.69, 9.17) is 0 Å². The van der Waals surface area contributed by atoms with Crippen molar-refractivity contribution < 1.29 is 4.79 Å². The van der Waals surface area contributed by atoms with Gasteiger partial charge in [0.1, 0.15) is 0 Å². The van der Waals surface area contributed by atoms with Crippen molar-refractivity contribution in [1.82, 2.24) is 4.90 Å². The number of hydrogen-bond donors (Lipinski definition) is 0. The molecular weight excluding hydrogens is 174 g/mol. The summed E-state index contributed by atoms with van der Waals surface area (Å²) in [6, 6.07) is 9.24. The molecule has 74 valence electrons. The van der Waals surface area contributed by atoms with Crippen molar-refractivity contribution >= 4 is 5.91 Å². The number of allylic oxidation sites excluding steroid dienone is 1. The van der Waals surface area contributed by atoms with Crippen LogP contribution in [0.2, 0.25) is 0 Å². The Morgan fingerprint density at radius 2 is 1.93 bits per heavy atom. The van der Waals surface area contributed by atoms with E-state index in [-0.39, 0.29) is 5.91 Å². The minimum atomic E-state index is 0.0144. The number of benzene rings is 1. The molecule has 0 aromatic heterocycles. The zero-order valence-electron chi connectivity index (χ0n) is 8.66. The molecule has 0 N–H and O–H groups in total. The van der Waals surface area contributed by atoms with Crippen LogP contribution in [0.25, 0.3) is 0 Å². The van der Waals surface area contributed by atoms with Gasteiger partial charge in [0.15, 0.2) is 0 Å². The SMILES string of the molecule is C=C(C)N(CC)C(=O)c1ccccc1. The summed E-state index contributed by atoms with van der Waals surface area (Å²) in [5.74, 6) is 0.0144. The van der Waals surface area contributed by atoms with Crippen molar-refractivity contribution in [1.29, 1.82) is 0 Å². The van der Waals surface area contributed by atoms with Crippen molar-refractivity contribution in [3.05, 3.63) is 48.2 Å². The fourth-order valence-electron chi connectivity index (χ4n) is 1.32. The van der Waals surface area contributed by atoms with Crippen LogP contribution in [0.3, 0.4) is 0 Å². The lowest BCUT2D eigenvalue weighted by atomic mass is 10.2. The van der Waals surface area contributed by atoms with Crippen LogP contribution in [-0.4, -0.2) is 17.4 Å². The van der Waals surface area contributed by atoms with Crippen LogP contribution in [0.15, 0.2) is 42.6 Å². The Hall–Kier alpha value is -1.57. The van der Waals surface area contributed by atoms with Gasteiger partial charge in [0.2, 0.25) is 0 Å². The summed E-state index contributed by atoms with van der Waals surface area (Å²) < 4.78 is 0. The maximum atomic E-state index is 11.9. The topological polar surface area (TPSA) is 20.3 Å². The summed E-state index contributed by atoms with van der Waals surface area (Å²) in [6.07, 6.45) is 0. The van der Waals surface area contributed by atoms with Crippen molar-refractivity contribution in [2.24, 2.45) is 0 Å². The van der Waals surface area contributed by atoms with Crippen molar-refractivity contribution in [3.8, 4) is 0 Å². The first kappa shape index (κ1) is 10.5.